The van der Waals surface area contributed by atoms with Gasteiger partial charge in [0.2, 0.25) is 0 Å². The zero-order chi connectivity index (χ0) is 14.9. The van der Waals surface area contributed by atoms with Crippen LogP contribution in [0.15, 0.2) is 23.3 Å². The monoisotopic (exact) mass is 275 g/mol. The van der Waals surface area contributed by atoms with Crippen molar-refractivity contribution in [3.63, 3.8) is 0 Å². The minimum Gasteiger partial charge on any atom is -0.465 e. The van der Waals surface area contributed by atoms with Crippen molar-refractivity contribution >= 4 is 24.0 Å². The maximum Gasteiger partial charge on any atom is 0.341 e. The summed E-state index contributed by atoms with van der Waals surface area (Å²) in [6, 6.07) is 3.19. The minimum atomic E-state index is -0.828. The Kier molecular flexibility index (Phi) is 3.57. The number of hydrogen-bond acceptors (Lipinski definition) is 5. The second-order valence-electron chi connectivity index (χ2n) is 5.09. The highest BCUT2D eigenvalue weighted by molar-refractivity contribution is 6.18. The summed E-state index contributed by atoms with van der Waals surface area (Å²) in [5.41, 5.74) is -0.590. The van der Waals surface area contributed by atoms with Crippen molar-refractivity contribution in [2.45, 2.75) is 26.3 Å². The molecule has 2 heterocycles. The van der Waals surface area contributed by atoms with E-state index in [9.17, 15) is 9.59 Å². The first-order chi connectivity index (χ1) is 9.41. The molecule has 106 valence electrons. The predicted molar refractivity (Wildman–Crippen MR) is 74.8 cm³/mol. The van der Waals surface area contributed by atoms with E-state index in [0.717, 1.165) is 0 Å². The summed E-state index contributed by atoms with van der Waals surface area (Å²) in [7, 11) is 1.29. The van der Waals surface area contributed by atoms with Gasteiger partial charge in [0.15, 0.2) is 5.82 Å². The van der Waals surface area contributed by atoms with E-state index in [1.54, 1.807) is 19.1 Å². The van der Waals surface area contributed by atoms with Crippen LogP contribution in [0, 0.1) is 5.92 Å². The maximum atomic E-state index is 12.5. The van der Waals surface area contributed by atoms with Crippen LogP contribution in [-0.2, 0) is 9.53 Å². The summed E-state index contributed by atoms with van der Waals surface area (Å²) in [6.45, 7) is 5.63. The van der Waals surface area contributed by atoms with E-state index in [1.165, 1.54) is 24.5 Å². The van der Waals surface area contributed by atoms with Crippen LogP contribution < -0.4 is 4.90 Å². The van der Waals surface area contributed by atoms with Crippen LogP contribution in [0.5, 0.6) is 0 Å². The highest BCUT2D eigenvalue weighted by atomic mass is 16.5. The van der Waals surface area contributed by atoms with Gasteiger partial charge in [-0.25, -0.2) is 9.78 Å². The lowest BCUT2D eigenvalue weighted by atomic mass is 9.89. The number of rotatable bonds is 3. The standard InChI is InChI=1S/C14H17N3O3/c1-9(2)14(3)13(19)17(8-16-14)11-10(12(18)20-4)6-5-7-15-11/h5-9H,1-4H3. The maximum absolute atomic E-state index is 12.5. The third-order valence-electron chi connectivity index (χ3n) is 3.64. The number of esters is 1. The highest BCUT2D eigenvalue weighted by Gasteiger charge is 2.44. The lowest BCUT2D eigenvalue weighted by Gasteiger charge is -2.25. The fraction of sp³-hybridized carbons (Fsp3) is 0.429. The van der Waals surface area contributed by atoms with Crippen LogP contribution in [0.2, 0.25) is 0 Å². The summed E-state index contributed by atoms with van der Waals surface area (Å²) >= 11 is 0. The first kappa shape index (κ1) is 14.2. The number of amides is 1. The molecular formula is C14H17N3O3. The Morgan fingerprint density at radius 2 is 2.15 bits per heavy atom. The van der Waals surface area contributed by atoms with Crippen LogP contribution in [0.3, 0.4) is 0 Å². The van der Waals surface area contributed by atoms with Gasteiger partial charge in [-0.1, -0.05) is 13.8 Å². The van der Waals surface area contributed by atoms with Crippen molar-refractivity contribution in [2.75, 3.05) is 12.0 Å². The van der Waals surface area contributed by atoms with Crippen molar-refractivity contribution in [3.05, 3.63) is 23.9 Å². The molecule has 0 aliphatic carbocycles. The molecule has 0 saturated carbocycles. The Hall–Kier alpha value is -2.24. The summed E-state index contributed by atoms with van der Waals surface area (Å²) < 4.78 is 4.71. The Labute approximate surface area is 117 Å². The second kappa shape index (κ2) is 5.03. The molecule has 0 fully saturated rings. The van der Waals surface area contributed by atoms with E-state index in [0.29, 0.717) is 0 Å². The molecule has 1 aromatic heterocycles. The second-order valence-corrected chi connectivity index (χ2v) is 5.09. The van der Waals surface area contributed by atoms with Crippen LogP contribution in [0.4, 0.5) is 5.82 Å². The van der Waals surface area contributed by atoms with Crippen molar-refractivity contribution in [2.24, 2.45) is 10.9 Å². The van der Waals surface area contributed by atoms with E-state index in [2.05, 4.69) is 9.98 Å². The number of nitrogens with zero attached hydrogens (tertiary/aromatic N) is 3. The topological polar surface area (TPSA) is 71.9 Å². The lowest BCUT2D eigenvalue weighted by Crippen LogP contribution is -2.43. The molecule has 1 aliphatic rings. The van der Waals surface area contributed by atoms with Crippen LogP contribution in [-0.4, -0.2) is 35.8 Å². The average Bonchev–Trinajstić information content (AvgIpc) is 2.75. The molecule has 1 aromatic rings. The molecule has 0 spiro atoms. The number of hydrogen-bond donors (Lipinski definition) is 0. The third kappa shape index (κ3) is 2.07. The van der Waals surface area contributed by atoms with Crippen molar-refractivity contribution in [3.8, 4) is 0 Å². The number of aromatic nitrogens is 1. The van der Waals surface area contributed by atoms with Gasteiger partial charge in [0.05, 0.1) is 13.4 Å². The van der Waals surface area contributed by atoms with E-state index >= 15 is 0 Å². The molecule has 0 saturated heterocycles. The number of aliphatic imine (C=N–C) groups is 1. The molecule has 0 bridgehead atoms. The summed E-state index contributed by atoms with van der Waals surface area (Å²) in [5, 5.41) is 0. The van der Waals surface area contributed by atoms with Crippen molar-refractivity contribution in [1.82, 2.24) is 4.98 Å². The molecule has 20 heavy (non-hydrogen) atoms. The van der Waals surface area contributed by atoms with Crippen LogP contribution >= 0.6 is 0 Å². The van der Waals surface area contributed by atoms with Gasteiger partial charge in [0.1, 0.15) is 11.1 Å². The van der Waals surface area contributed by atoms with E-state index in [1.807, 2.05) is 13.8 Å². The lowest BCUT2D eigenvalue weighted by molar-refractivity contribution is -0.122. The Morgan fingerprint density at radius 1 is 1.45 bits per heavy atom. The van der Waals surface area contributed by atoms with E-state index in [-0.39, 0.29) is 23.2 Å². The summed E-state index contributed by atoms with van der Waals surface area (Å²) in [6.07, 6.45) is 2.95. The largest absolute Gasteiger partial charge is 0.465 e. The van der Waals surface area contributed by atoms with Gasteiger partial charge in [-0.3, -0.25) is 14.7 Å². The van der Waals surface area contributed by atoms with Gasteiger partial charge >= 0.3 is 5.97 Å². The Balaban J connectivity index is 2.43. The Bertz CT molecular complexity index is 583. The zero-order valence-corrected chi connectivity index (χ0v) is 12.0. The molecule has 6 nitrogen and oxygen atoms in total. The molecule has 1 amide bonds. The molecule has 0 aromatic carbocycles. The van der Waals surface area contributed by atoms with Crippen molar-refractivity contribution in [1.29, 1.82) is 0 Å². The van der Waals surface area contributed by atoms with Crippen LogP contribution in [0.1, 0.15) is 31.1 Å². The number of ether oxygens (including phenoxy) is 1. The molecular weight excluding hydrogens is 258 g/mol. The fourth-order valence-electron chi connectivity index (χ4n) is 1.93. The normalized spacial score (nSPS) is 21.6. The molecule has 1 aliphatic heterocycles. The number of carbonyl (C=O) groups excluding carboxylic acids is 2. The predicted octanol–water partition coefficient (Wildman–Crippen LogP) is 1.66. The third-order valence-corrected chi connectivity index (χ3v) is 3.64. The van der Waals surface area contributed by atoms with Gasteiger partial charge in [0, 0.05) is 6.20 Å². The number of anilines is 1. The molecule has 1 atom stereocenters. The number of methoxy groups -OCH3 is 1. The quantitative estimate of drug-likeness (QED) is 0.786. The van der Waals surface area contributed by atoms with Gasteiger partial charge in [0.25, 0.3) is 5.91 Å². The molecule has 1 unspecified atom stereocenters. The zero-order valence-electron chi connectivity index (χ0n) is 12.0. The molecule has 6 heteroatoms. The van der Waals surface area contributed by atoms with E-state index < -0.39 is 11.5 Å². The van der Waals surface area contributed by atoms with Gasteiger partial charge in [-0.15, -0.1) is 0 Å². The summed E-state index contributed by atoms with van der Waals surface area (Å²) in [5.74, 6) is -0.442. The molecule has 0 radical (unpaired) electrons. The first-order valence-corrected chi connectivity index (χ1v) is 6.34. The van der Waals surface area contributed by atoms with Gasteiger partial charge < -0.3 is 4.74 Å². The van der Waals surface area contributed by atoms with Gasteiger partial charge in [-0.05, 0) is 25.0 Å². The number of carbonyl (C=O) groups is 2. The minimum absolute atomic E-state index is 0.0431. The van der Waals surface area contributed by atoms with Gasteiger partial charge in [-0.2, -0.15) is 0 Å². The number of pyridine rings is 1. The molecule has 0 N–H and O–H groups in total. The van der Waals surface area contributed by atoms with E-state index in [4.69, 9.17) is 4.74 Å². The smallest absolute Gasteiger partial charge is 0.341 e. The fourth-order valence-corrected chi connectivity index (χ4v) is 1.93. The SMILES string of the molecule is COC(=O)c1cccnc1N1C=NC(C)(C(C)C)C1=O. The summed E-state index contributed by atoms with van der Waals surface area (Å²) in [4.78, 5) is 34.0. The van der Waals surface area contributed by atoms with Crippen LogP contribution in [0.25, 0.3) is 0 Å². The average molecular weight is 275 g/mol. The van der Waals surface area contributed by atoms with Crippen molar-refractivity contribution < 1.29 is 14.3 Å². The highest BCUT2D eigenvalue weighted by Crippen LogP contribution is 2.31. The first-order valence-electron chi connectivity index (χ1n) is 6.34. The molecule has 2 rings (SSSR count). The Morgan fingerprint density at radius 3 is 2.70 bits per heavy atom.